The molecule has 1 N–H and O–H groups in total. The molecule has 0 unspecified atom stereocenters. The minimum Gasteiger partial charge on any atom is -0.493 e. The highest BCUT2D eigenvalue weighted by atomic mass is 16.3. The summed E-state index contributed by atoms with van der Waals surface area (Å²) in [7, 11) is 2.09. The zero-order chi connectivity index (χ0) is 20.9. The molecule has 30 heavy (non-hydrogen) atoms. The molecule has 2 aromatic carbocycles. The SMILES string of the molecule is CN(CCCCCc1ccccc1)CCn1c(O)c2n(c1=O)Cc1ccccc1C2. The molecular weight excluding hydrogens is 374 g/mol. The van der Waals surface area contributed by atoms with Crippen molar-refractivity contribution in [3.8, 4) is 5.88 Å². The standard InChI is InChI=1S/C25H31N3O2/c1-26(15-9-3-6-12-20-10-4-2-5-11-20)16-17-27-24(29)23-18-21-13-7-8-14-22(21)19-28(23)25(27)30/h2,4-5,7-8,10-11,13-14,29H,3,6,9,12,15-19H2,1H3. The first-order chi connectivity index (χ1) is 14.6. The Kier molecular flexibility index (Phi) is 6.38. The molecule has 0 radical (unpaired) electrons. The van der Waals surface area contributed by atoms with Crippen LogP contribution in [0.25, 0.3) is 0 Å². The van der Waals surface area contributed by atoms with Crippen LogP contribution >= 0.6 is 0 Å². The van der Waals surface area contributed by atoms with Crippen molar-refractivity contribution in [2.24, 2.45) is 0 Å². The van der Waals surface area contributed by atoms with E-state index in [9.17, 15) is 9.90 Å². The molecule has 4 rings (SSSR count). The molecule has 5 heteroatoms. The first-order valence-electron chi connectivity index (χ1n) is 10.9. The smallest absolute Gasteiger partial charge is 0.331 e. The summed E-state index contributed by atoms with van der Waals surface area (Å²) in [6.45, 7) is 2.82. The Morgan fingerprint density at radius 2 is 1.67 bits per heavy atom. The predicted octanol–water partition coefficient (Wildman–Crippen LogP) is 3.65. The molecule has 0 amide bonds. The van der Waals surface area contributed by atoms with E-state index in [2.05, 4.69) is 54.4 Å². The Balaban J connectivity index is 1.26. The molecule has 3 aromatic rings. The molecule has 0 atom stereocenters. The zero-order valence-electron chi connectivity index (χ0n) is 17.8. The fourth-order valence-corrected chi connectivity index (χ4v) is 4.32. The van der Waals surface area contributed by atoms with E-state index in [0.29, 0.717) is 19.5 Å². The molecule has 0 saturated heterocycles. The third-order valence-corrected chi connectivity index (χ3v) is 6.16. The third-order valence-electron chi connectivity index (χ3n) is 6.16. The lowest BCUT2D eigenvalue weighted by Crippen LogP contribution is -2.31. The van der Waals surface area contributed by atoms with E-state index in [-0.39, 0.29) is 11.6 Å². The number of hydrogen-bond donors (Lipinski definition) is 1. The number of aromatic hydroxyl groups is 1. The van der Waals surface area contributed by atoms with Crippen molar-refractivity contribution >= 4 is 0 Å². The van der Waals surface area contributed by atoms with E-state index in [0.717, 1.165) is 37.2 Å². The lowest BCUT2D eigenvalue weighted by Gasteiger charge is -2.17. The van der Waals surface area contributed by atoms with Crippen LogP contribution in [0.1, 0.15) is 41.6 Å². The van der Waals surface area contributed by atoms with Crippen LogP contribution in [0.5, 0.6) is 5.88 Å². The van der Waals surface area contributed by atoms with Gasteiger partial charge in [0.2, 0.25) is 5.88 Å². The minimum absolute atomic E-state index is 0.103. The van der Waals surface area contributed by atoms with Gasteiger partial charge in [0.25, 0.3) is 0 Å². The van der Waals surface area contributed by atoms with Gasteiger partial charge in [0.1, 0.15) is 0 Å². The molecule has 2 heterocycles. The van der Waals surface area contributed by atoms with Crippen LogP contribution in [-0.2, 0) is 25.9 Å². The van der Waals surface area contributed by atoms with Gasteiger partial charge in [-0.25, -0.2) is 4.79 Å². The number of likely N-dealkylation sites (N-methyl/N-ethyl adjacent to an activating group) is 1. The van der Waals surface area contributed by atoms with E-state index in [1.165, 1.54) is 28.5 Å². The number of rotatable bonds is 9. The highest BCUT2D eigenvalue weighted by Crippen LogP contribution is 2.27. The molecule has 1 aromatic heterocycles. The van der Waals surface area contributed by atoms with Gasteiger partial charge in [-0.15, -0.1) is 0 Å². The molecule has 1 aliphatic rings. The zero-order valence-corrected chi connectivity index (χ0v) is 17.8. The highest BCUT2D eigenvalue weighted by molar-refractivity contribution is 5.38. The van der Waals surface area contributed by atoms with Gasteiger partial charge >= 0.3 is 5.69 Å². The van der Waals surface area contributed by atoms with Crippen LogP contribution in [-0.4, -0.2) is 39.3 Å². The normalized spacial score (nSPS) is 12.7. The topological polar surface area (TPSA) is 50.4 Å². The maximum Gasteiger partial charge on any atom is 0.331 e. The van der Waals surface area contributed by atoms with Crippen LogP contribution < -0.4 is 5.69 Å². The summed E-state index contributed by atoms with van der Waals surface area (Å²) < 4.78 is 3.26. The van der Waals surface area contributed by atoms with Crippen molar-refractivity contribution in [2.45, 2.75) is 45.2 Å². The summed E-state index contributed by atoms with van der Waals surface area (Å²) in [6.07, 6.45) is 5.29. The second-order valence-electron chi connectivity index (χ2n) is 8.34. The minimum atomic E-state index is -0.103. The molecular formula is C25H31N3O2. The number of fused-ring (bicyclic) bond motifs is 2. The highest BCUT2D eigenvalue weighted by Gasteiger charge is 2.24. The predicted molar refractivity (Wildman–Crippen MR) is 120 cm³/mol. The van der Waals surface area contributed by atoms with Crippen molar-refractivity contribution in [2.75, 3.05) is 20.1 Å². The van der Waals surface area contributed by atoms with Gasteiger partial charge in [-0.1, -0.05) is 61.0 Å². The van der Waals surface area contributed by atoms with Crippen LogP contribution in [0.3, 0.4) is 0 Å². The summed E-state index contributed by atoms with van der Waals surface area (Å²) in [5.74, 6) is 0.130. The maximum atomic E-state index is 12.8. The first kappa shape index (κ1) is 20.5. The molecule has 5 nitrogen and oxygen atoms in total. The quantitative estimate of drug-likeness (QED) is 0.433. The number of aryl methyl sites for hydroxylation is 1. The fourth-order valence-electron chi connectivity index (χ4n) is 4.32. The average molecular weight is 406 g/mol. The molecule has 0 spiro atoms. The average Bonchev–Trinajstić information content (AvgIpc) is 3.00. The maximum absolute atomic E-state index is 12.8. The Bertz CT molecular complexity index is 1040. The lowest BCUT2D eigenvalue weighted by molar-refractivity contribution is 0.298. The van der Waals surface area contributed by atoms with Crippen LogP contribution in [0, 0.1) is 0 Å². The van der Waals surface area contributed by atoms with Gasteiger partial charge < -0.3 is 10.0 Å². The number of imidazole rings is 1. The molecule has 1 aliphatic heterocycles. The summed E-state index contributed by atoms with van der Waals surface area (Å²) in [4.78, 5) is 15.1. The summed E-state index contributed by atoms with van der Waals surface area (Å²) in [5.41, 5.74) is 4.39. The largest absolute Gasteiger partial charge is 0.493 e. The summed E-state index contributed by atoms with van der Waals surface area (Å²) >= 11 is 0. The molecule has 0 fully saturated rings. The van der Waals surface area contributed by atoms with Gasteiger partial charge in [0.15, 0.2) is 0 Å². The molecule has 158 valence electrons. The van der Waals surface area contributed by atoms with E-state index < -0.39 is 0 Å². The lowest BCUT2D eigenvalue weighted by atomic mass is 9.99. The van der Waals surface area contributed by atoms with Crippen LogP contribution in [0.4, 0.5) is 0 Å². The monoisotopic (exact) mass is 405 g/mol. The van der Waals surface area contributed by atoms with E-state index in [1.54, 1.807) is 4.57 Å². The van der Waals surface area contributed by atoms with Gasteiger partial charge in [-0.2, -0.15) is 0 Å². The number of unbranched alkanes of at least 4 members (excludes halogenated alkanes) is 2. The summed E-state index contributed by atoms with van der Waals surface area (Å²) in [5, 5.41) is 10.7. The fraction of sp³-hybridized carbons (Fsp3) is 0.400. The molecule has 0 bridgehead atoms. The molecule has 0 aliphatic carbocycles. The summed E-state index contributed by atoms with van der Waals surface area (Å²) in [6, 6.07) is 18.8. The second-order valence-corrected chi connectivity index (χ2v) is 8.34. The van der Waals surface area contributed by atoms with Gasteiger partial charge in [0, 0.05) is 19.5 Å². The first-order valence-corrected chi connectivity index (χ1v) is 10.9. The van der Waals surface area contributed by atoms with Gasteiger partial charge in [-0.05, 0) is 49.5 Å². The number of aromatic nitrogens is 2. The second kappa shape index (κ2) is 9.35. The van der Waals surface area contributed by atoms with Gasteiger partial charge in [0.05, 0.1) is 12.2 Å². The number of hydrogen-bond acceptors (Lipinski definition) is 3. The van der Waals surface area contributed by atoms with Crippen LogP contribution in [0.2, 0.25) is 0 Å². The van der Waals surface area contributed by atoms with E-state index in [4.69, 9.17) is 0 Å². The van der Waals surface area contributed by atoms with Crippen LogP contribution in [0.15, 0.2) is 59.4 Å². The van der Waals surface area contributed by atoms with E-state index in [1.807, 2.05) is 12.1 Å². The number of benzene rings is 2. The number of nitrogens with zero attached hydrogens (tertiary/aromatic N) is 3. The Labute approximate surface area is 178 Å². The molecule has 0 saturated carbocycles. The van der Waals surface area contributed by atoms with Crippen molar-refractivity contribution in [1.82, 2.24) is 14.0 Å². The van der Waals surface area contributed by atoms with Crippen molar-refractivity contribution in [1.29, 1.82) is 0 Å². The van der Waals surface area contributed by atoms with Crippen molar-refractivity contribution in [3.63, 3.8) is 0 Å². The van der Waals surface area contributed by atoms with E-state index >= 15 is 0 Å². The Morgan fingerprint density at radius 3 is 2.47 bits per heavy atom. The Morgan fingerprint density at radius 1 is 0.933 bits per heavy atom. The van der Waals surface area contributed by atoms with Gasteiger partial charge in [-0.3, -0.25) is 9.13 Å². The third kappa shape index (κ3) is 4.51. The Hall–Kier alpha value is -2.79. The van der Waals surface area contributed by atoms with Crippen molar-refractivity contribution in [3.05, 3.63) is 87.5 Å². The van der Waals surface area contributed by atoms with Crippen molar-refractivity contribution < 1.29 is 5.11 Å².